The van der Waals surface area contributed by atoms with E-state index >= 15 is 0 Å². The van der Waals surface area contributed by atoms with E-state index in [2.05, 4.69) is 4.74 Å². The van der Waals surface area contributed by atoms with Gasteiger partial charge >= 0.3 is 5.97 Å². The van der Waals surface area contributed by atoms with Gasteiger partial charge in [0.1, 0.15) is 18.3 Å². The first-order chi connectivity index (χ1) is 12.4. The summed E-state index contributed by atoms with van der Waals surface area (Å²) in [6, 6.07) is 6.87. The predicted octanol–water partition coefficient (Wildman–Crippen LogP) is 1.17. The lowest BCUT2D eigenvalue weighted by Crippen LogP contribution is -2.33. The van der Waals surface area contributed by atoms with Gasteiger partial charge in [-0.1, -0.05) is 6.07 Å². The largest absolute Gasteiger partial charge is 0.493 e. The number of carbonyl (C=O) groups excluding carboxylic acids is 2. The van der Waals surface area contributed by atoms with Crippen molar-refractivity contribution in [2.45, 2.75) is 0 Å². The monoisotopic (exact) mass is 375 g/mol. The van der Waals surface area contributed by atoms with E-state index in [9.17, 15) is 9.59 Å². The molecule has 26 heavy (non-hydrogen) atoms. The van der Waals surface area contributed by atoms with Crippen LogP contribution in [0.2, 0.25) is 0 Å². The molecule has 2 rings (SSSR count). The molecule has 0 bridgehead atoms. The predicted molar refractivity (Wildman–Crippen MR) is 96.2 cm³/mol. The summed E-state index contributed by atoms with van der Waals surface area (Å²) in [5, 5.41) is 8.83. The average molecular weight is 375 g/mol. The number of amides is 1. The molecule has 1 fully saturated rings. The van der Waals surface area contributed by atoms with Gasteiger partial charge in [-0.05, 0) is 36.0 Å². The fraction of sp³-hybridized carbons (Fsp3) is 0.294. The van der Waals surface area contributed by atoms with Crippen LogP contribution >= 0.6 is 12.2 Å². The molecule has 0 spiro atoms. The second-order valence-corrected chi connectivity index (χ2v) is 5.56. The van der Waals surface area contributed by atoms with Crippen LogP contribution in [-0.2, 0) is 14.3 Å². The zero-order valence-electron chi connectivity index (χ0n) is 14.5. The molecule has 1 saturated heterocycles. The van der Waals surface area contributed by atoms with Crippen LogP contribution in [0.1, 0.15) is 5.56 Å². The third-order valence-electron chi connectivity index (χ3n) is 3.63. The molecule has 1 aromatic carbocycles. The molecular formula is C17H17N3O5S. The Morgan fingerprint density at radius 2 is 2.08 bits per heavy atom. The highest BCUT2D eigenvalue weighted by atomic mass is 32.1. The van der Waals surface area contributed by atoms with Gasteiger partial charge in [0.15, 0.2) is 23.2 Å². The van der Waals surface area contributed by atoms with E-state index in [1.165, 1.54) is 31.1 Å². The summed E-state index contributed by atoms with van der Waals surface area (Å²) in [7, 11) is 4.27. The zero-order valence-corrected chi connectivity index (χ0v) is 15.3. The summed E-state index contributed by atoms with van der Waals surface area (Å²) in [4.78, 5) is 26.8. The van der Waals surface area contributed by atoms with Crippen LogP contribution in [0, 0.1) is 11.3 Å². The molecule has 1 aliphatic rings. The first-order valence-electron chi connectivity index (χ1n) is 7.48. The van der Waals surface area contributed by atoms with Gasteiger partial charge < -0.3 is 19.1 Å². The Labute approximate surface area is 156 Å². The standard InChI is InChI=1S/C17H17N3O5S/c1-19-16(22)12(20(17(19)26)10-15(21)24-3)8-11-4-5-13(25-7-6-18)14(9-11)23-2/h4-5,8-9H,7,10H2,1-3H3. The summed E-state index contributed by atoms with van der Waals surface area (Å²) in [5.74, 6) is -0.0228. The van der Waals surface area contributed by atoms with Crippen LogP contribution in [0.4, 0.5) is 0 Å². The minimum Gasteiger partial charge on any atom is -0.493 e. The lowest BCUT2D eigenvalue weighted by Gasteiger charge is -2.17. The second-order valence-electron chi connectivity index (χ2n) is 5.20. The number of methoxy groups -OCH3 is 2. The average Bonchev–Trinajstić information content (AvgIpc) is 2.84. The van der Waals surface area contributed by atoms with E-state index in [0.29, 0.717) is 17.1 Å². The van der Waals surface area contributed by atoms with Gasteiger partial charge in [0.05, 0.1) is 14.2 Å². The molecule has 1 aliphatic heterocycles. The molecule has 0 radical (unpaired) electrons. The molecule has 0 atom stereocenters. The number of nitriles is 1. The van der Waals surface area contributed by atoms with Crippen molar-refractivity contribution in [2.24, 2.45) is 0 Å². The smallest absolute Gasteiger partial charge is 0.325 e. The number of hydrogen-bond acceptors (Lipinski definition) is 7. The molecule has 0 unspecified atom stereocenters. The molecule has 0 saturated carbocycles. The number of thiocarbonyl (C=S) groups is 1. The van der Waals surface area contributed by atoms with Crippen LogP contribution < -0.4 is 9.47 Å². The van der Waals surface area contributed by atoms with Crippen molar-refractivity contribution >= 4 is 35.3 Å². The van der Waals surface area contributed by atoms with Crippen LogP contribution in [-0.4, -0.2) is 61.2 Å². The van der Waals surface area contributed by atoms with E-state index in [1.54, 1.807) is 24.3 Å². The van der Waals surface area contributed by atoms with Crippen LogP contribution in [0.25, 0.3) is 6.08 Å². The SMILES string of the molecule is COC(=O)CN1C(=S)N(C)C(=O)C1=Cc1ccc(OCC#N)c(OC)c1. The highest BCUT2D eigenvalue weighted by Crippen LogP contribution is 2.30. The Bertz CT molecular complexity index is 815. The fourth-order valence-electron chi connectivity index (χ4n) is 2.31. The molecular weight excluding hydrogens is 358 g/mol. The Hall–Kier alpha value is -3.12. The van der Waals surface area contributed by atoms with Crippen molar-refractivity contribution in [3.8, 4) is 17.6 Å². The zero-order chi connectivity index (χ0) is 19.3. The lowest BCUT2D eigenvalue weighted by atomic mass is 10.1. The van der Waals surface area contributed by atoms with Gasteiger partial charge in [-0.3, -0.25) is 14.5 Å². The topological polar surface area (TPSA) is 92.1 Å². The molecule has 8 nitrogen and oxygen atoms in total. The van der Waals surface area contributed by atoms with Crippen LogP contribution in [0.3, 0.4) is 0 Å². The highest BCUT2D eigenvalue weighted by Gasteiger charge is 2.36. The number of ether oxygens (including phenoxy) is 3. The molecule has 136 valence electrons. The molecule has 0 aliphatic carbocycles. The summed E-state index contributed by atoms with van der Waals surface area (Å²) >= 11 is 5.22. The molecule has 1 heterocycles. The van der Waals surface area contributed by atoms with Gasteiger partial charge in [0, 0.05) is 7.05 Å². The van der Waals surface area contributed by atoms with Crippen molar-refractivity contribution in [1.82, 2.24) is 9.80 Å². The first-order valence-corrected chi connectivity index (χ1v) is 7.89. The van der Waals surface area contributed by atoms with Crippen LogP contribution in [0.5, 0.6) is 11.5 Å². The number of carbonyl (C=O) groups is 2. The van der Waals surface area contributed by atoms with Crippen molar-refractivity contribution in [3.05, 3.63) is 29.5 Å². The number of rotatable bonds is 6. The maximum absolute atomic E-state index is 12.4. The van der Waals surface area contributed by atoms with Crippen molar-refractivity contribution in [2.75, 3.05) is 34.4 Å². The number of nitrogens with zero attached hydrogens (tertiary/aromatic N) is 3. The minimum atomic E-state index is -0.515. The maximum Gasteiger partial charge on any atom is 0.325 e. The van der Waals surface area contributed by atoms with Crippen LogP contribution in [0.15, 0.2) is 23.9 Å². The van der Waals surface area contributed by atoms with Gasteiger partial charge in [-0.2, -0.15) is 5.26 Å². The van der Waals surface area contributed by atoms with E-state index in [4.69, 9.17) is 27.0 Å². The number of esters is 1. The van der Waals surface area contributed by atoms with Gasteiger partial charge in [-0.15, -0.1) is 0 Å². The Kier molecular flexibility index (Phi) is 6.14. The van der Waals surface area contributed by atoms with Gasteiger partial charge in [-0.25, -0.2) is 0 Å². The van der Waals surface area contributed by atoms with E-state index < -0.39 is 5.97 Å². The lowest BCUT2D eigenvalue weighted by molar-refractivity contribution is -0.140. The Morgan fingerprint density at radius 1 is 1.35 bits per heavy atom. The highest BCUT2D eigenvalue weighted by molar-refractivity contribution is 7.80. The summed E-state index contributed by atoms with van der Waals surface area (Å²) < 4.78 is 15.2. The van der Waals surface area contributed by atoms with E-state index in [-0.39, 0.29) is 29.9 Å². The summed E-state index contributed by atoms with van der Waals surface area (Å²) in [6.07, 6.45) is 1.59. The number of hydrogen-bond donors (Lipinski definition) is 0. The van der Waals surface area contributed by atoms with Gasteiger partial charge in [0.25, 0.3) is 5.91 Å². The molecule has 0 aromatic heterocycles. The minimum absolute atomic E-state index is 0.110. The van der Waals surface area contributed by atoms with Gasteiger partial charge in [0.2, 0.25) is 0 Å². The Morgan fingerprint density at radius 3 is 2.69 bits per heavy atom. The van der Waals surface area contributed by atoms with E-state index in [0.717, 1.165) is 0 Å². The number of benzene rings is 1. The summed E-state index contributed by atoms with van der Waals surface area (Å²) in [5.41, 5.74) is 0.887. The molecule has 1 amide bonds. The maximum atomic E-state index is 12.4. The quantitative estimate of drug-likeness (QED) is 0.416. The van der Waals surface area contributed by atoms with Crippen molar-refractivity contribution in [3.63, 3.8) is 0 Å². The summed E-state index contributed by atoms with van der Waals surface area (Å²) in [6.45, 7) is -0.279. The molecule has 9 heteroatoms. The first kappa shape index (κ1) is 19.2. The molecule has 0 N–H and O–H groups in total. The van der Waals surface area contributed by atoms with Crippen molar-refractivity contribution < 1.29 is 23.8 Å². The third-order valence-corrected chi connectivity index (χ3v) is 4.12. The number of likely N-dealkylation sites (N-methyl/N-ethyl adjacent to an activating group) is 1. The Balaban J connectivity index is 2.38. The fourth-order valence-corrected chi connectivity index (χ4v) is 2.55. The van der Waals surface area contributed by atoms with Crippen molar-refractivity contribution in [1.29, 1.82) is 5.26 Å². The normalized spacial score (nSPS) is 15.2. The molecule has 1 aromatic rings. The van der Waals surface area contributed by atoms with E-state index in [1.807, 2.05) is 6.07 Å². The third kappa shape index (κ3) is 3.92. The second kappa shape index (κ2) is 8.31.